The van der Waals surface area contributed by atoms with Crippen LogP contribution in [0.25, 0.3) is 0 Å². The van der Waals surface area contributed by atoms with Crippen LogP contribution in [0, 0.1) is 0 Å². The van der Waals surface area contributed by atoms with Crippen molar-refractivity contribution in [3.8, 4) is 11.5 Å². The maximum atomic E-state index is 10.8. The Labute approximate surface area is 105 Å². The highest BCUT2D eigenvalue weighted by Crippen LogP contribution is 2.29. The fraction of sp³-hybridized carbons (Fsp3) is 0.417. The fourth-order valence-corrected chi connectivity index (χ4v) is 1.37. The molecule has 0 aliphatic carbocycles. The second-order valence-electron chi connectivity index (χ2n) is 3.57. The minimum atomic E-state index is -1.09. The molecular weight excluding hydrogens is 238 g/mol. The number of benzene rings is 1. The average molecular weight is 255 g/mol. The SMILES string of the molecule is COCCOc1ccc([C@H](N)C(=O)O)cc1OC. The molecule has 1 aromatic rings. The third kappa shape index (κ3) is 3.61. The van der Waals surface area contributed by atoms with E-state index in [1.54, 1.807) is 25.3 Å². The maximum Gasteiger partial charge on any atom is 0.325 e. The van der Waals surface area contributed by atoms with Gasteiger partial charge in [-0.3, -0.25) is 4.79 Å². The maximum absolute atomic E-state index is 10.8. The molecule has 0 aromatic heterocycles. The monoisotopic (exact) mass is 255 g/mol. The number of carboxylic acid groups (broad SMARTS) is 1. The molecular formula is C12H17NO5. The van der Waals surface area contributed by atoms with E-state index < -0.39 is 12.0 Å². The molecule has 6 heteroatoms. The first kappa shape index (κ1) is 14.3. The first-order chi connectivity index (χ1) is 8.60. The molecule has 1 aromatic carbocycles. The highest BCUT2D eigenvalue weighted by Gasteiger charge is 2.16. The highest BCUT2D eigenvalue weighted by atomic mass is 16.5. The summed E-state index contributed by atoms with van der Waals surface area (Å²) in [7, 11) is 3.06. The second kappa shape index (κ2) is 6.83. The van der Waals surface area contributed by atoms with Crippen LogP contribution in [0.4, 0.5) is 0 Å². The molecule has 0 radical (unpaired) electrons. The van der Waals surface area contributed by atoms with Gasteiger partial charge in [0.1, 0.15) is 12.6 Å². The van der Waals surface area contributed by atoms with Gasteiger partial charge in [-0.2, -0.15) is 0 Å². The molecule has 18 heavy (non-hydrogen) atoms. The van der Waals surface area contributed by atoms with E-state index in [-0.39, 0.29) is 0 Å². The van der Waals surface area contributed by atoms with E-state index in [9.17, 15) is 4.79 Å². The Balaban J connectivity index is 2.86. The summed E-state index contributed by atoms with van der Waals surface area (Å²) in [6.45, 7) is 0.844. The zero-order valence-electron chi connectivity index (χ0n) is 10.4. The van der Waals surface area contributed by atoms with Gasteiger partial charge < -0.3 is 25.1 Å². The summed E-state index contributed by atoms with van der Waals surface area (Å²) in [4.78, 5) is 10.8. The largest absolute Gasteiger partial charge is 0.493 e. The van der Waals surface area contributed by atoms with Gasteiger partial charge in [0, 0.05) is 7.11 Å². The minimum absolute atomic E-state index is 0.386. The van der Waals surface area contributed by atoms with Crippen molar-refractivity contribution in [3.63, 3.8) is 0 Å². The fourth-order valence-electron chi connectivity index (χ4n) is 1.37. The van der Waals surface area contributed by atoms with Gasteiger partial charge in [0.05, 0.1) is 13.7 Å². The van der Waals surface area contributed by atoms with E-state index in [2.05, 4.69) is 0 Å². The Bertz CT molecular complexity index is 407. The van der Waals surface area contributed by atoms with Crippen LogP contribution in [0.5, 0.6) is 11.5 Å². The molecule has 0 bridgehead atoms. The normalized spacial score (nSPS) is 11.9. The molecule has 0 amide bonds. The molecule has 0 spiro atoms. The van der Waals surface area contributed by atoms with Gasteiger partial charge in [0.15, 0.2) is 11.5 Å². The number of carboxylic acids is 1. The lowest BCUT2D eigenvalue weighted by Gasteiger charge is -2.13. The molecule has 1 rings (SSSR count). The number of carbonyl (C=O) groups is 1. The van der Waals surface area contributed by atoms with E-state index in [4.69, 9.17) is 25.1 Å². The number of hydrogen-bond acceptors (Lipinski definition) is 5. The molecule has 0 heterocycles. The number of ether oxygens (including phenoxy) is 3. The van der Waals surface area contributed by atoms with Crippen LogP contribution < -0.4 is 15.2 Å². The molecule has 3 N–H and O–H groups in total. The van der Waals surface area contributed by atoms with E-state index in [0.717, 1.165) is 0 Å². The van der Waals surface area contributed by atoms with Crippen LogP contribution in [0.2, 0.25) is 0 Å². The van der Waals surface area contributed by atoms with Crippen LogP contribution in [-0.4, -0.2) is 38.5 Å². The quantitative estimate of drug-likeness (QED) is 0.700. The first-order valence-electron chi connectivity index (χ1n) is 5.38. The summed E-state index contributed by atoms with van der Waals surface area (Å²) in [6, 6.07) is 3.71. The summed E-state index contributed by atoms with van der Waals surface area (Å²) >= 11 is 0. The van der Waals surface area contributed by atoms with Crippen molar-refractivity contribution in [1.82, 2.24) is 0 Å². The number of rotatable bonds is 7. The zero-order chi connectivity index (χ0) is 13.5. The predicted molar refractivity (Wildman–Crippen MR) is 64.9 cm³/mol. The van der Waals surface area contributed by atoms with Crippen molar-refractivity contribution >= 4 is 5.97 Å². The van der Waals surface area contributed by atoms with E-state index in [0.29, 0.717) is 30.3 Å². The Morgan fingerprint density at radius 1 is 1.33 bits per heavy atom. The minimum Gasteiger partial charge on any atom is -0.493 e. The van der Waals surface area contributed by atoms with Gasteiger partial charge in [-0.15, -0.1) is 0 Å². The summed E-state index contributed by atoms with van der Waals surface area (Å²) in [6.07, 6.45) is 0. The number of methoxy groups -OCH3 is 2. The zero-order valence-corrected chi connectivity index (χ0v) is 10.4. The average Bonchev–Trinajstić information content (AvgIpc) is 2.38. The molecule has 0 fully saturated rings. The Morgan fingerprint density at radius 2 is 2.06 bits per heavy atom. The van der Waals surface area contributed by atoms with E-state index >= 15 is 0 Å². The Morgan fingerprint density at radius 3 is 2.61 bits per heavy atom. The third-order valence-electron chi connectivity index (χ3n) is 2.36. The lowest BCUT2D eigenvalue weighted by atomic mass is 10.1. The van der Waals surface area contributed by atoms with Crippen molar-refractivity contribution in [1.29, 1.82) is 0 Å². The second-order valence-corrected chi connectivity index (χ2v) is 3.57. The summed E-state index contributed by atoms with van der Waals surface area (Å²) in [5.74, 6) is -0.124. The molecule has 1 atom stereocenters. The van der Waals surface area contributed by atoms with Crippen LogP contribution in [0.1, 0.15) is 11.6 Å². The Kier molecular flexibility index (Phi) is 5.41. The van der Waals surface area contributed by atoms with Gasteiger partial charge in [0.25, 0.3) is 0 Å². The van der Waals surface area contributed by atoms with Crippen molar-refractivity contribution < 1.29 is 24.1 Å². The van der Waals surface area contributed by atoms with Gasteiger partial charge in [-0.05, 0) is 17.7 Å². The van der Waals surface area contributed by atoms with E-state index in [1.165, 1.54) is 7.11 Å². The highest BCUT2D eigenvalue weighted by molar-refractivity contribution is 5.75. The third-order valence-corrected chi connectivity index (χ3v) is 2.36. The smallest absolute Gasteiger partial charge is 0.325 e. The lowest BCUT2D eigenvalue weighted by Crippen LogP contribution is -2.20. The topological polar surface area (TPSA) is 91.0 Å². The number of aliphatic carboxylic acids is 1. The molecule has 0 aliphatic heterocycles. The van der Waals surface area contributed by atoms with Crippen molar-refractivity contribution in [2.24, 2.45) is 5.73 Å². The van der Waals surface area contributed by atoms with Gasteiger partial charge in [-0.25, -0.2) is 0 Å². The number of nitrogens with two attached hydrogens (primary N) is 1. The van der Waals surface area contributed by atoms with Crippen molar-refractivity contribution in [2.45, 2.75) is 6.04 Å². The van der Waals surface area contributed by atoms with Gasteiger partial charge in [0.2, 0.25) is 0 Å². The van der Waals surface area contributed by atoms with Gasteiger partial charge >= 0.3 is 5.97 Å². The van der Waals surface area contributed by atoms with Crippen LogP contribution in [0.3, 0.4) is 0 Å². The predicted octanol–water partition coefficient (Wildman–Crippen LogP) is 0.805. The first-order valence-corrected chi connectivity index (χ1v) is 5.38. The molecule has 6 nitrogen and oxygen atoms in total. The van der Waals surface area contributed by atoms with E-state index in [1.807, 2.05) is 0 Å². The standard InChI is InChI=1S/C12H17NO5/c1-16-5-6-18-9-4-3-8(7-10(9)17-2)11(13)12(14)15/h3-4,7,11H,5-6,13H2,1-2H3,(H,14,15)/t11-/m0/s1. The molecule has 0 unspecified atom stereocenters. The summed E-state index contributed by atoms with van der Waals surface area (Å²) < 4.78 is 15.4. The molecule has 0 saturated carbocycles. The van der Waals surface area contributed by atoms with Crippen LogP contribution >= 0.6 is 0 Å². The number of hydrogen-bond donors (Lipinski definition) is 2. The Hall–Kier alpha value is -1.79. The van der Waals surface area contributed by atoms with Crippen molar-refractivity contribution in [2.75, 3.05) is 27.4 Å². The van der Waals surface area contributed by atoms with Crippen LogP contribution in [-0.2, 0) is 9.53 Å². The van der Waals surface area contributed by atoms with Crippen LogP contribution in [0.15, 0.2) is 18.2 Å². The molecule has 100 valence electrons. The summed E-state index contributed by atoms with van der Waals surface area (Å²) in [5, 5.41) is 8.83. The molecule has 0 saturated heterocycles. The summed E-state index contributed by atoms with van der Waals surface area (Å²) in [5.41, 5.74) is 5.97. The molecule has 0 aliphatic rings. The lowest BCUT2D eigenvalue weighted by molar-refractivity contribution is -0.138. The van der Waals surface area contributed by atoms with Gasteiger partial charge in [-0.1, -0.05) is 6.07 Å². The van der Waals surface area contributed by atoms with Crippen molar-refractivity contribution in [3.05, 3.63) is 23.8 Å².